The first-order valence-corrected chi connectivity index (χ1v) is 7.64. The van der Waals surface area contributed by atoms with Gasteiger partial charge in [0.1, 0.15) is 0 Å². The van der Waals surface area contributed by atoms with E-state index in [0.29, 0.717) is 5.56 Å². The quantitative estimate of drug-likeness (QED) is 0.497. The molecule has 25 heavy (non-hydrogen) atoms. The van der Waals surface area contributed by atoms with Crippen molar-refractivity contribution in [2.75, 3.05) is 11.9 Å². The molecule has 0 radical (unpaired) electrons. The van der Waals surface area contributed by atoms with Crippen LogP contribution in [0.1, 0.15) is 21.5 Å². The Morgan fingerprint density at radius 2 is 1.92 bits per heavy atom. The average Bonchev–Trinajstić information content (AvgIpc) is 2.56. The number of hydrogen-bond donors (Lipinski definition) is 1. The zero-order valence-electron chi connectivity index (χ0n) is 13.5. The molecular formula is C17H15ClN2O5. The number of esters is 1. The largest absolute Gasteiger partial charge is 0.452 e. The SMILES string of the molecule is Cc1ccc(C)c(C(=O)OCC(=O)Nc2ccc([N+](=O)[O-])cc2Cl)c1. The van der Waals surface area contributed by atoms with Crippen molar-refractivity contribution in [2.24, 2.45) is 0 Å². The second-order valence-electron chi connectivity index (χ2n) is 5.36. The lowest BCUT2D eigenvalue weighted by molar-refractivity contribution is -0.384. The fourth-order valence-electron chi connectivity index (χ4n) is 2.07. The van der Waals surface area contributed by atoms with Gasteiger partial charge in [-0.15, -0.1) is 0 Å². The molecule has 0 fully saturated rings. The number of nitrogens with zero attached hydrogens (tertiary/aromatic N) is 1. The van der Waals surface area contributed by atoms with E-state index in [0.717, 1.165) is 17.2 Å². The van der Waals surface area contributed by atoms with Crippen LogP contribution in [0.15, 0.2) is 36.4 Å². The average molecular weight is 363 g/mol. The van der Waals surface area contributed by atoms with E-state index in [-0.39, 0.29) is 16.4 Å². The topological polar surface area (TPSA) is 98.5 Å². The molecule has 2 aromatic carbocycles. The molecule has 1 N–H and O–H groups in total. The Balaban J connectivity index is 1.98. The Kier molecular flexibility index (Phi) is 5.71. The lowest BCUT2D eigenvalue weighted by Gasteiger charge is -2.09. The summed E-state index contributed by atoms with van der Waals surface area (Å²) in [5.41, 5.74) is 2.04. The number of nitro benzene ring substituents is 1. The van der Waals surface area contributed by atoms with Crippen LogP contribution in [0.3, 0.4) is 0 Å². The van der Waals surface area contributed by atoms with E-state index < -0.39 is 23.4 Å². The molecule has 0 aliphatic carbocycles. The summed E-state index contributed by atoms with van der Waals surface area (Å²) in [5.74, 6) is -1.21. The van der Waals surface area contributed by atoms with Crippen LogP contribution in [-0.2, 0) is 9.53 Å². The number of ether oxygens (including phenoxy) is 1. The zero-order valence-corrected chi connectivity index (χ0v) is 14.3. The summed E-state index contributed by atoms with van der Waals surface area (Å²) in [6, 6.07) is 8.99. The van der Waals surface area contributed by atoms with E-state index >= 15 is 0 Å². The molecule has 0 unspecified atom stereocenters. The highest BCUT2D eigenvalue weighted by atomic mass is 35.5. The van der Waals surface area contributed by atoms with Crippen LogP contribution in [0.25, 0.3) is 0 Å². The predicted octanol–water partition coefficient (Wildman–Crippen LogP) is 3.66. The van der Waals surface area contributed by atoms with E-state index in [1.54, 1.807) is 19.1 Å². The second-order valence-corrected chi connectivity index (χ2v) is 5.77. The summed E-state index contributed by atoms with van der Waals surface area (Å²) >= 11 is 5.89. The van der Waals surface area contributed by atoms with E-state index in [1.165, 1.54) is 12.1 Å². The molecule has 0 aliphatic rings. The van der Waals surface area contributed by atoms with Gasteiger partial charge >= 0.3 is 5.97 Å². The lowest BCUT2D eigenvalue weighted by Crippen LogP contribution is -2.21. The van der Waals surface area contributed by atoms with Crippen molar-refractivity contribution in [3.63, 3.8) is 0 Å². The molecule has 0 heterocycles. The van der Waals surface area contributed by atoms with Gasteiger partial charge in [0.05, 0.1) is 21.2 Å². The van der Waals surface area contributed by atoms with Crippen LogP contribution in [-0.4, -0.2) is 23.4 Å². The third kappa shape index (κ3) is 4.77. The first-order chi connectivity index (χ1) is 11.8. The highest BCUT2D eigenvalue weighted by Gasteiger charge is 2.15. The van der Waals surface area contributed by atoms with Crippen molar-refractivity contribution in [3.05, 3.63) is 68.2 Å². The van der Waals surface area contributed by atoms with Crippen molar-refractivity contribution < 1.29 is 19.2 Å². The minimum absolute atomic E-state index is 0.0170. The number of benzene rings is 2. The molecule has 0 aliphatic heterocycles. The monoisotopic (exact) mass is 362 g/mol. The molecule has 7 nitrogen and oxygen atoms in total. The summed E-state index contributed by atoms with van der Waals surface area (Å²) < 4.78 is 5.00. The third-order valence-electron chi connectivity index (χ3n) is 3.38. The van der Waals surface area contributed by atoms with Crippen LogP contribution in [0, 0.1) is 24.0 Å². The van der Waals surface area contributed by atoms with Crippen molar-refractivity contribution in [3.8, 4) is 0 Å². The number of rotatable bonds is 5. The third-order valence-corrected chi connectivity index (χ3v) is 3.70. The second kappa shape index (κ2) is 7.76. The molecular weight excluding hydrogens is 348 g/mol. The molecule has 0 atom stereocenters. The van der Waals surface area contributed by atoms with Gasteiger partial charge in [0.15, 0.2) is 6.61 Å². The van der Waals surface area contributed by atoms with Crippen molar-refractivity contribution in [2.45, 2.75) is 13.8 Å². The minimum Gasteiger partial charge on any atom is -0.452 e. The molecule has 0 spiro atoms. The first kappa shape index (κ1) is 18.4. The Morgan fingerprint density at radius 1 is 1.20 bits per heavy atom. The number of non-ortho nitro benzene ring substituents is 1. The molecule has 0 bridgehead atoms. The van der Waals surface area contributed by atoms with Gasteiger partial charge in [-0.25, -0.2) is 4.79 Å². The Hall–Kier alpha value is -2.93. The van der Waals surface area contributed by atoms with Crippen LogP contribution in [0.4, 0.5) is 11.4 Å². The number of amides is 1. The van der Waals surface area contributed by atoms with Gasteiger partial charge < -0.3 is 10.1 Å². The maximum atomic E-state index is 12.1. The predicted molar refractivity (Wildman–Crippen MR) is 92.9 cm³/mol. The van der Waals surface area contributed by atoms with Gasteiger partial charge in [0.25, 0.3) is 11.6 Å². The number of carbonyl (C=O) groups is 2. The van der Waals surface area contributed by atoms with Crippen LogP contribution >= 0.6 is 11.6 Å². The summed E-state index contributed by atoms with van der Waals surface area (Å²) in [7, 11) is 0. The Bertz CT molecular complexity index is 851. The number of aryl methyl sites for hydroxylation is 2. The Labute approximate surface area is 148 Å². The number of carbonyl (C=O) groups excluding carboxylic acids is 2. The van der Waals surface area contributed by atoms with E-state index in [9.17, 15) is 19.7 Å². The number of nitro groups is 1. The van der Waals surface area contributed by atoms with Crippen molar-refractivity contribution >= 4 is 34.9 Å². The molecule has 0 saturated heterocycles. The fourth-order valence-corrected chi connectivity index (χ4v) is 2.29. The highest BCUT2D eigenvalue weighted by molar-refractivity contribution is 6.34. The van der Waals surface area contributed by atoms with Gasteiger partial charge in [-0.3, -0.25) is 14.9 Å². The number of hydrogen-bond acceptors (Lipinski definition) is 5. The van der Waals surface area contributed by atoms with Crippen LogP contribution in [0.5, 0.6) is 0 Å². The summed E-state index contributed by atoms with van der Waals surface area (Å²) in [6.45, 7) is 3.12. The molecule has 2 aromatic rings. The molecule has 1 amide bonds. The smallest absolute Gasteiger partial charge is 0.338 e. The van der Waals surface area contributed by atoms with Gasteiger partial charge in [0, 0.05) is 12.1 Å². The lowest BCUT2D eigenvalue weighted by atomic mass is 10.1. The number of halogens is 1. The van der Waals surface area contributed by atoms with E-state index in [4.69, 9.17) is 16.3 Å². The first-order valence-electron chi connectivity index (χ1n) is 7.26. The molecule has 130 valence electrons. The normalized spacial score (nSPS) is 10.2. The number of anilines is 1. The number of nitrogens with one attached hydrogen (secondary N) is 1. The highest BCUT2D eigenvalue weighted by Crippen LogP contribution is 2.26. The van der Waals surface area contributed by atoms with Crippen molar-refractivity contribution in [1.82, 2.24) is 0 Å². The van der Waals surface area contributed by atoms with Gasteiger partial charge in [0.2, 0.25) is 0 Å². The molecule has 2 rings (SSSR count). The maximum absolute atomic E-state index is 12.1. The van der Waals surface area contributed by atoms with Gasteiger partial charge in [-0.1, -0.05) is 29.3 Å². The Morgan fingerprint density at radius 3 is 2.56 bits per heavy atom. The van der Waals surface area contributed by atoms with Crippen LogP contribution in [0.2, 0.25) is 5.02 Å². The maximum Gasteiger partial charge on any atom is 0.338 e. The van der Waals surface area contributed by atoms with E-state index in [1.807, 2.05) is 13.0 Å². The molecule has 8 heteroatoms. The van der Waals surface area contributed by atoms with Crippen molar-refractivity contribution in [1.29, 1.82) is 0 Å². The van der Waals surface area contributed by atoms with E-state index in [2.05, 4.69) is 5.32 Å². The summed E-state index contributed by atoms with van der Waals surface area (Å²) in [6.07, 6.45) is 0. The molecule has 0 saturated carbocycles. The minimum atomic E-state index is -0.605. The standard InChI is InChI=1S/C17H15ClN2O5/c1-10-3-4-11(2)13(7-10)17(22)25-9-16(21)19-15-6-5-12(20(23)24)8-14(15)18/h3-8H,9H2,1-2H3,(H,19,21). The molecule has 0 aromatic heterocycles. The van der Waals surface area contributed by atoms with Crippen LogP contribution < -0.4 is 5.32 Å². The summed E-state index contributed by atoms with van der Waals surface area (Å²) in [4.78, 5) is 34.0. The fraction of sp³-hybridized carbons (Fsp3) is 0.176. The zero-order chi connectivity index (χ0) is 18.6. The van der Waals surface area contributed by atoms with Gasteiger partial charge in [-0.05, 0) is 31.5 Å². The van der Waals surface area contributed by atoms with Gasteiger partial charge in [-0.2, -0.15) is 0 Å². The summed E-state index contributed by atoms with van der Waals surface area (Å²) in [5, 5.41) is 13.1.